The van der Waals surface area contributed by atoms with Crippen LogP contribution in [0.4, 0.5) is 5.69 Å². The van der Waals surface area contributed by atoms with Gasteiger partial charge in [0.15, 0.2) is 0 Å². The summed E-state index contributed by atoms with van der Waals surface area (Å²) in [7, 11) is 0. The largest absolute Gasteiger partial charge is 0.481 e. The third kappa shape index (κ3) is 5.50. The molecule has 0 unspecified atom stereocenters. The fourth-order valence-corrected chi connectivity index (χ4v) is 4.70. The van der Waals surface area contributed by atoms with E-state index >= 15 is 0 Å². The molecule has 1 aliphatic carbocycles. The van der Waals surface area contributed by atoms with Crippen LogP contribution in [0, 0.1) is 11.3 Å². The van der Waals surface area contributed by atoms with Gasteiger partial charge in [-0.2, -0.15) is 0 Å². The van der Waals surface area contributed by atoms with Gasteiger partial charge in [0.2, 0.25) is 5.91 Å². The van der Waals surface area contributed by atoms with E-state index in [2.05, 4.69) is 19.2 Å². The summed E-state index contributed by atoms with van der Waals surface area (Å²) >= 11 is 1.25. The second-order valence-corrected chi connectivity index (χ2v) is 8.38. The average molecular weight is 378 g/mol. The maximum Gasteiger partial charge on any atom is 0.313 e. The first-order chi connectivity index (χ1) is 12.5. The summed E-state index contributed by atoms with van der Waals surface area (Å²) in [6.45, 7) is 4.42. The van der Waals surface area contributed by atoms with Gasteiger partial charge in [0.05, 0.1) is 11.4 Å². The molecular formula is C21H31NO3S. The van der Waals surface area contributed by atoms with Crippen molar-refractivity contribution in [3.63, 3.8) is 0 Å². The first kappa shape index (κ1) is 20.8. The molecule has 0 spiro atoms. The van der Waals surface area contributed by atoms with Crippen LogP contribution in [0.3, 0.4) is 0 Å². The lowest BCUT2D eigenvalue weighted by Gasteiger charge is -2.38. The number of hydrogen-bond acceptors (Lipinski definition) is 3. The Hall–Kier alpha value is -1.49. The topological polar surface area (TPSA) is 66.4 Å². The van der Waals surface area contributed by atoms with Gasteiger partial charge >= 0.3 is 5.97 Å². The highest BCUT2D eigenvalue weighted by Crippen LogP contribution is 2.44. The molecule has 0 atom stereocenters. The standard InChI is InChI=1S/C21H31NO3S/c1-3-16(4-2)14-21(12-8-5-9-13-21)20(25)22-17-10-6-7-11-18(17)26-15-19(23)24/h6-7,10-11,16H,3-5,8-9,12-15H2,1-2H3,(H,22,25)(H,23,24). The Balaban J connectivity index is 2.18. The third-order valence-electron chi connectivity index (χ3n) is 5.61. The fraction of sp³-hybridized carbons (Fsp3) is 0.619. The molecule has 5 heteroatoms. The van der Waals surface area contributed by atoms with Crippen molar-refractivity contribution in [2.75, 3.05) is 11.1 Å². The normalized spacial score (nSPS) is 16.4. The Morgan fingerprint density at radius 2 is 1.81 bits per heavy atom. The second kappa shape index (κ2) is 10.0. The number of carbonyl (C=O) groups is 2. The molecule has 1 aliphatic rings. The van der Waals surface area contributed by atoms with Crippen LogP contribution >= 0.6 is 11.8 Å². The quantitative estimate of drug-likeness (QED) is 0.551. The van der Waals surface area contributed by atoms with Gasteiger partial charge in [-0.1, -0.05) is 58.1 Å². The fourth-order valence-electron chi connectivity index (χ4n) is 3.97. The van der Waals surface area contributed by atoms with Gasteiger partial charge in [-0.15, -0.1) is 11.8 Å². The molecule has 2 N–H and O–H groups in total. The second-order valence-electron chi connectivity index (χ2n) is 7.36. The minimum absolute atomic E-state index is 0.00816. The van der Waals surface area contributed by atoms with Crippen LogP contribution in [0.15, 0.2) is 29.2 Å². The van der Waals surface area contributed by atoms with Gasteiger partial charge in [-0.05, 0) is 37.3 Å². The van der Waals surface area contributed by atoms with E-state index < -0.39 is 5.97 Å². The number of thioether (sulfide) groups is 1. The number of carboxylic acids is 1. The summed E-state index contributed by atoms with van der Waals surface area (Å²) in [5.74, 6) is -0.164. The van der Waals surface area contributed by atoms with E-state index in [1.54, 1.807) is 0 Å². The maximum atomic E-state index is 13.3. The van der Waals surface area contributed by atoms with E-state index in [-0.39, 0.29) is 17.1 Å². The maximum absolute atomic E-state index is 13.3. The van der Waals surface area contributed by atoms with Crippen LogP contribution in [0.25, 0.3) is 0 Å². The molecule has 1 aromatic rings. The lowest BCUT2D eigenvalue weighted by atomic mass is 9.67. The number of carbonyl (C=O) groups excluding carboxylic acids is 1. The van der Waals surface area contributed by atoms with Crippen LogP contribution in [-0.4, -0.2) is 22.7 Å². The summed E-state index contributed by atoms with van der Waals surface area (Å²) < 4.78 is 0. The Morgan fingerprint density at radius 1 is 1.15 bits per heavy atom. The Kier molecular flexibility index (Phi) is 8.01. The van der Waals surface area contributed by atoms with Crippen LogP contribution in [0.2, 0.25) is 0 Å². The molecule has 144 valence electrons. The van der Waals surface area contributed by atoms with E-state index in [0.29, 0.717) is 5.92 Å². The van der Waals surface area contributed by atoms with E-state index in [0.717, 1.165) is 55.5 Å². The van der Waals surface area contributed by atoms with E-state index in [1.165, 1.54) is 18.2 Å². The van der Waals surface area contributed by atoms with Gasteiger partial charge in [0, 0.05) is 10.3 Å². The van der Waals surface area contributed by atoms with Crippen molar-refractivity contribution in [2.45, 2.75) is 70.1 Å². The molecule has 26 heavy (non-hydrogen) atoms. The first-order valence-electron chi connectivity index (χ1n) is 9.76. The number of para-hydroxylation sites is 1. The molecule has 1 fully saturated rings. The highest BCUT2D eigenvalue weighted by atomic mass is 32.2. The van der Waals surface area contributed by atoms with Gasteiger partial charge in [0.25, 0.3) is 0 Å². The van der Waals surface area contributed by atoms with Crippen molar-refractivity contribution in [3.8, 4) is 0 Å². The predicted octanol–water partition coefficient (Wildman–Crippen LogP) is 5.58. The molecular weight excluding hydrogens is 346 g/mol. The van der Waals surface area contributed by atoms with Crippen molar-refractivity contribution in [1.29, 1.82) is 0 Å². The molecule has 1 amide bonds. The van der Waals surface area contributed by atoms with Crippen LogP contribution in [0.1, 0.15) is 65.2 Å². The van der Waals surface area contributed by atoms with Gasteiger partial charge < -0.3 is 10.4 Å². The zero-order valence-corrected chi connectivity index (χ0v) is 16.7. The number of carboxylic acid groups (broad SMARTS) is 1. The molecule has 0 saturated heterocycles. The molecule has 0 heterocycles. The predicted molar refractivity (Wildman–Crippen MR) is 108 cm³/mol. The summed E-state index contributed by atoms with van der Waals surface area (Å²) in [5.41, 5.74) is 0.456. The summed E-state index contributed by atoms with van der Waals surface area (Å²) in [6.07, 6.45) is 8.53. The highest BCUT2D eigenvalue weighted by molar-refractivity contribution is 8.00. The van der Waals surface area contributed by atoms with E-state index in [9.17, 15) is 9.59 Å². The molecule has 1 saturated carbocycles. The monoisotopic (exact) mass is 377 g/mol. The molecule has 0 bridgehead atoms. The zero-order chi connectivity index (χ0) is 19.0. The number of benzene rings is 1. The van der Waals surface area contributed by atoms with Crippen LogP contribution in [0.5, 0.6) is 0 Å². The minimum atomic E-state index is -0.853. The SMILES string of the molecule is CCC(CC)CC1(C(=O)Nc2ccccc2SCC(=O)O)CCCCC1. The number of hydrogen-bond donors (Lipinski definition) is 2. The minimum Gasteiger partial charge on any atom is -0.481 e. The Labute approximate surface area is 161 Å². The number of aliphatic carboxylic acids is 1. The summed E-state index contributed by atoms with van der Waals surface area (Å²) in [4.78, 5) is 25.0. The number of nitrogens with one attached hydrogen (secondary N) is 1. The average Bonchev–Trinajstić information content (AvgIpc) is 2.66. The van der Waals surface area contributed by atoms with Crippen molar-refractivity contribution in [2.24, 2.45) is 11.3 Å². The number of anilines is 1. The molecule has 0 radical (unpaired) electrons. The van der Waals surface area contributed by atoms with Crippen LogP contribution in [-0.2, 0) is 9.59 Å². The van der Waals surface area contributed by atoms with E-state index in [4.69, 9.17) is 5.11 Å². The smallest absolute Gasteiger partial charge is 0.313 e. The number of rotatable bonds is 9. The highest BCUT2D eigenvalue weighted by Gasteiger charge is 2.40. The van der Waals surface area contributed by atoms with Crippen molar-refractivity contribution < 1.29 is 14.7 Å². The van der Waals surface area contributed by atoms with Gasteiger partial charge in [0.1, 0.15) is 0 Å². The lowest BCUT2D eigenvalue weighted by molar-refractivity contribution is -0.134. The zero-order valence-electron chi connectivity index (χ0n) is 15.9. The molecule has 2 rings (SSSR count). The number of amides is 1. The summed E-state index contributed by atoms with van der Waals surface area (Å²) in [6, 6.07) is 7.50. The first-order valence-corrected chi connectivity index (χ1v) is 10.7. The van der Waals surface area contributed by atoms with Gasteiger partial charge in [-0.25, -0.2) is 0 Å². The van der Waals surface area contributed by atoms with E-state index in [1.807, 2.05) is 24.3 Å². The molecule has 0 aromatic heterocycles. The molecule has 0 aliphatic heterocycles. The van der Waals surface area contributed by atoms with Crippen LogP contribution < -0.4 is 5.32 Å². The lowest BCUT2D eigenvalue weighted by Crippen LogP contribution is -2.39. The van der Waals surface area contributed by atoms with Crippen molar-refractivity contribution in [1.82, 2.24) is 0 Å². The molecule has 1 aromatic carbocycles. The van der Waals surface area contributed by atoms with Gasteiger partial charge in [-0.3, -0.25) is 9.59 Å². The van der Waals surface area contributed by atoms with Crippen molar-refractivity contribution in [3.05, 3.63) is 24.3 Å². The Morgan fingerprint density at radius 3 is 2.42 bits per heavy atom. The van der Waals surface area contributed by atoms with Crippen molar-refractivity contribution >= 4 is 29.3 Å². The Bertz CT molecular complexity index is 607. The summed E-state index contributed by atoms with van der Waals surface area (Å²) in [5, 5.41) is 12.1. The molecule has 4 nitrogen and oxygen atoms in total. The third-order valence-corrected chi connectivity index (χ3v) is 6.67.